The van der Waals surface area contributed by atoms with Crippen molar-refractivity contribution < 1.29 is 19.2 Å². The van der Waals surface area contributed by atoms with Gasteiger partial charge < -0.3 is 15.5 Å². The predicted molar refractivity (Wildman–Crippen MR) is 123 cm³/mol. The normalized spacial score (nSPS) is 17.3. The lowest BCUT2D eigenvalue weighted by atomic mass is 10.0. The molecule has 1 atom stereocenters. The third-order valence-electron chi connectivity index (χ3n) is 6.15. The van der Waals surface area contributed by atoms with Crippen molar-refractivity contribution in [2.75, 3.05) is 18.9 Å². The average Bonchev–Trinajstić information content (AvgIpc) is 3.34. The van der Waals surface area contributed by atoms with Crippen LogP contribution in [-0.2, 0) is 11.3 Å². The molecule has 0 aliphatic carbocycles. The number of hydrogen-bond acceptors (Lipinski definition) is 4. The van der Waals surface area contributed by atoms with E-state index in [0.717, 1.165) is 15.7 Å². The molecule has 3 aromatic carbocycles. The molecule has 0 radical (unpaired) electrons. The highest BCUT2D eigenvalue weighted by Gasteiger charge is 2.45. The Morgan fingerprint density at radius 1 is 1.03 bits per heavy atom. The smallest absolute Gasteiger partial charge is 0.321 e. The number of fused-ring (bicyclic) bond motifs is 2. The van der Waals surface area contributed by atoms with Crippen LogP contribution >= 0.6 is 0 Å². The molecule has 0 saturated carbocycles. The maximum atomic E-state index is 13.2. The first-order chi connectivity index (χ1) is 16.0. The number of urea groups is 1. The Morgan fingerprint density at radius 2 is 1.79 bits per heavy atom. The van der Waals surface area contributed by atoms with Crippen LogP contribution in [0.2, 0.25) is 0 Å². The first-order valence-corrected chi connectivity index (χ1v) is 10.7. The highest BCUT2D eigenvalue weighted by molar-refractivity contribution is 6.23. The summed E-state index contributed by atoms with van der Waals surface area (Å²) in [6, 6.07) is 17.3. The second-order valence-corrected chi connectivity index (χ2v) is 8.23. The molecule has 1 fully saturated rings. The molecular weight excluding hydrogens is 420 g/mol. The predicted octanol–water partition coefficient (Wildman–Crippen LogP) is 2.99. The molecule has 2 aliphatic rings. The third kappa shape index (κ3) is 3.49. The van der Waals surface area contributed by atoms with E-state index in [2.05, 4.69) is 10.6 Å². The summed E-state index contributed by atoms with van der Waals surface area (Å²) in [6.07, 6.45) is 0.396. The zero-order valence-corrected chi connectivity index (χ0v) is 18.0. The number of carbonyl (C=O) groups excluding carboxylic acids is 4. The molecule has 33 heavy (non-hydrogen) atoms. The largest absolute Gasteiger partial charge is 0.354 e. The van der Waals surface area contributed by atoms with E-state index >= 15 is 0 Å². The second-order valence-electron chi connectivity index (χ2n) is 8.23. The van der Waals surface area contributed by atoms with E-state index in [9.17, 15) is 19.2 Å². The standard InChI is InChI=1S/C25H22N4O4/c1-28(25(33)27-19-11-5-7-15-6-2-3-9-17(15)19)14-16-8-4-10-18-21(16)24(32)29(23(18)31)20-12-13-26-22(20)30/h2-11,20H,12-14H2,1H3,(H,26,30)(H,27,33). The maximum absolute atomic E-state index is 13.2. The number of carbonyl (C=O) groups is 4. The molecule has 5 rings (SSSR count). The van der Waals surface area contributed by atoms with Crippen molar-refractivity contribution in [1.82, 2.24) is 15.1 Å². The van der Waals surface area contributed by atoms with Crippen LogP contribution in [0.1, 0.15) is 32.7 Å². The van der Waals surface area contributed by atoms with Gasteiger partial charge >= 0.3 is 6.03 Å². The van der Waals surface area contributed by atoms with Crippen molar-refractivity contribution in [1.29, 1.82) is 0 Å². The molecule has 5 amide bonds. The fraction of sp³-hybridized carbons (Fsp3) is 0.200. The number of rotatable bonds is 4. The summed E-state index contributed by atoms with van der Waals surface area (Å²) in [4.78, 5) is 53.6. The molecule has 0 aromatic heterocycles. The van der Waals surface area contributed by atoms with Crippen LogP contribution in [0.25, 0.3) is 10.8 Å². The average molecular weight is 442 g/mol. The van der Waals surface area contributed by atoms with Gasteiger partial charge in [0.25, 0.3) is 11.8 Å². The minimum absolute atomic E-state index is 0.128. The molecular formula is C25H22N4O4. The summed E-state index contributed by atoms with van der Waals surface area (Å²) in [7, 11) is 1.63. The van der Waals surface area contributed by atoms with Crippen LogP contribution in [0.5, 0.6) is 0 Å². The molecule has 2 heterocycles. The van der Waals surface area contributed by atoms with Crippen LogP contribution in [0.4, 0.5) is 10.5 Å². The van der Waals surface area contributed by atoms with Crippen LogP contribution in [0, 0.1) is 0 Å². The van der Waals surface area contributed by atoms with Gasteiger partial charge in [0, 0.05) is 25.5 Å². The molecule has 2 N–H and O–H groups in total. The van der Waals surface area contributed by atoms with Crippen LogP contribution < -0.4 is 10.6 Å². The number of anilines is 1. The van der Waals surface area contributed by atoms with E-state index in [4.69, 9.17) is 0 Å². The Labute approximate surface area is 190 Å². The zero-order valence-electron chi connectivity index (χ0n) is 18.0. The Bertz CT molecular complexity index is 1310. The minimum atomic E-state index is -0.794. The number of nitrogens with zero attached hydrogens (tertiary/aromatic N) is 2. The monoisotopic (exact) mass is 442 g/mol. The van der Waals surface area contributed by atoms with Crippen LogP contribution in [0.15, 0.2) is 60.7 Å². The summed E-state index contributed by atoms with van der Waals surface area (Å²) in [5, 5.41) is 7.53. The van der Waals surface area contributed by atoms with Gasteiger partial charge in [0.05, 0.1) is 16.8 Å². The Morgan fingerprint density at radius 3 is 2.58 bits per heavy atom. The Balaban J connectivity index is 1.38. The third-order valence-corrected chi connectivity index (χ3v) is 6.15. The van der Waals surface area contributed by atoms with E-state index in [-0.39, 0.29) is 29.6 Å². The lowest BCUT2D eigenvalue weighted by Crippen LogP contribution is -2.44. The maximum Gasteiger partial charge on any atom is 0.321 e. The summed E-state index contributed by atoms with van der Waals surface area (Å²) in [5.41, 5.74) is 1.77. The van der Waals surface area contributed by atoms with E-state index in [1.807, 2.05) is 42.5 Å². The summed E-state index contributed by atoms with van der Waals surface area (Å²) in [5.74, 6) is -1.28. The molecule has 2 aliphatic heterocycles. The van der Waals surface area contributed by atoms with Crippen molar-refractivity contribution in [2.45, 2.75) is 19.0 Å². The van der Waals surface area contributed by atoms with Gasteiger partial charge in [0.15, 0.2) is 0 Å². The van der Waals surface area contributed by atoms with Crippen molar-refractivity contribution in [2.24, 2.45) is 0 Å². The number of hydrogen-bond donors (Lipinski definition) is 2. The highest BCUT2D eigenvalue weighted by Crippen LogP contribution is 2.30. The van der Waals surface area contributed by atoms with Gasteiger partial charge in [-0.15, -0.1) is 0 Å². The summed E-state index contributed by atoms with van der Waals surface area (Å²) >= 11 is 0. The quantitative estimate of drug-likeness (QED) is 0.607. The molecule has 0 bridgehead atoms. The fourth-order valence-electron chi connectivity index (χ4n) is 4.49. The first-order valence-electron chi connectivity index (χ1n) is 10.7. The van der Waals surface area contributed by atoms with Crippen molar-refractivity contribution in [3.8, 4) is 0 Å². The van der Waals surface area contributed by atoms with E-state index in [0.29, 0.717) is 24.2 Å². The summed E-state index contributed by atoms with van der Waals surface area (Å²) in [6.45, 7) is 0.560. The molecule has 1 unspecified atom stereocenters. The molecule has 0 spiro atoms. The molecule has 166 valence electrons. The van der Waals surface area contributed by atoms with Crippen molar-refractivity contribution >= 4 is 40.2 Å². The lowest BCUT2D eigenvalue weighted by Gasteiger charge is -2.21. The second kappa shape index (κ2) is 8.05. The molecule has 8 nitrogen and oxygen atoms in total. The number of imide groups is 1. The van der Waals surface area contributed by atoms with Crippen molar-refractivity contribution in [3.63, 3.8) is 0 Å². The molecule has 1 saturated heterocycles. The highest BCUT2D eigenvalue weighted by atomic mass is 16.2. The lowest BCUT2D eigenvalue weighted by molar-refractivity contribution is -0.122. The van der Waals surface area contributed by atoms with Gasteiger partial charge in [-0.2, -0.15) is 0 Å². The van der Waals surface area contributed by atoms with Gasteiger partial charge in [-0.3, -0.25) is 19.3 Å². The van der Waals surface area contributed by atoms with E-state index < -0.39 is 17.9 Å². The van der Waals surface area contributed by atoms with E-state index in [1.165, 1.54) is 4.90 Å². The van der Waals surface area contributed by atoms with Gasteiger partial charge in [-0.1, -0.05) is 48.5 Å². The molecule has 3 aromatic rings. The van der Waals surface area contributed by atoms with Gasteiger partial charge in [-0.05, 0) is 29.5 Å². The molecule has 8 heteroatoms. The Hall–Kier alpha value is -4.20. The number of amides is 5. The van der Waals surface area contributed by atoms with Gasteiger partial charge in [0.1, 0.15) is 6.04 Å². The number of nitrogens with one attached hydrogen (secondary N) is 2. The van der Waals surface area contributed by atoms with Gasteiger partial charge in [-0.25, -0.2) is 4.79 Å². The van der Waals surface area contributed by atoms with Crippen LogP contribution in [0.3, 0.4) is 0 Å². The number of benzene rings is 3. The Kier molecular flexibility index (Phi) is 5.05. The van der Waals surface area contributed by atoms with Crippen molar-refractivity contribution in [3.05, 3.63) is 77.4 Å². The summed E-state index contributed by atoms with van der Waals surface area (Å²) < 4.78 is 0. The first kappa shape index (κ1) is 20.7. The zero-order chi connectivity index (χ0) is 23.1. The minimum Gasteiger partial charge on any atom is -0.354 e. The SMILES string of the molecule is CN(Cc1cccc2c1C(=O)N(C1CCNC1=O)C2=O)C(=O)Nc1cccc2ccccc12. The van der Waals surface area contributed by atoms with Crippen LogP contribution in [-0.4, -0.2) is 53.2 Å². The fourth-order valence-corrected chi connectivity index (χ4v) is 4.49. The topological polar surface area (TPSA) is 98.8 Å². The van der Waals surface area contributed by atoms with E-state index in [1.54, 1.807) is 25.2 Å². The van der Waals surface area contributed by atoms with Gasteiger partial charge in [0.2, 0.25) is 5.91 Å².